The molecular weight excluding hydrogens is 362 g/mol. The molecule has 0 spiro atoms. The fourth-order valence-electron chi connectivity index (χ4n) is 1.61. The SMILES string of the molecule is Oc1c(Cl)cc(Cl)cc1C=Nc1cc(C(F)(F)F)ccc1Cl. The molecule has 0 saturated heterocycles. The van der Waals surface area contributed by atoms with E-state index in [0.29, 0.717) is 0 Å². The fraction of sp³-hybridized carbons (Fsp3) is 0.0714. The lowest BCUT2D eigenvalue weighted by molar-refractivity contribution is -0.137. The number of benzene rings is 2. The van der Waals surface area contributed by atoms with Gasteiger partial charge in [0.1, 0.15) is 5.75 Å². The largest absolute Gasteiger partial charge is 0.506 e. The van der Waals surface area contributed by atoms with E-state index in [1.807, 2.05) is 0 Å². The molecule has 0 bridgehead atoms. The van der Waals surface area contributed by atoms with Gasteiger partial charge in [0.2, 0.25) is 0 Å². The Hall–Kier alpha value is -1.43. The van der Waals surface area contributed by atoms with Gasteiger partial charge in [-0.05, 0) is 30.3 Å². The number of aliphatic imine (C=N–C) groups is 1. The molecule has 2 aromatic carbocycles. The van der Waals surface area contributed by atoms with Gasteiger partial charge >= 0.3 is 6.18 Å². The van der Waals surface area contributed by atoms with Crippen molar-refractivity contribution in [2.24, 2.45) is 4.99 Å². The molecular formula is C14H7Cl3F3NO. The van der Waals surface area contributed by atoms with Crippen molar-refractivity contribution in [2.75, 3.05) is 0 Å². The molecule has 2 nitrogen and oxygen atoms in total. The zero-order valence-electron chi connectivity index (χ0n) is 10.6. The Morgan fingerprint density at radius 2 is 1.68 bits per heavy atom. The summed E-state index contributed by atoms with van der Waals surface area (Å²) in [5, 5.41) is 10.1. The Bertz CT molecular complexity index is 745. The van der Waals surface area contributed by atoms with E-state index in [0.717, 1.165) is 24.4 Å². The maximum Gasteiger partial charge on any atom is 0.416 e. The molecule has 0 aromatic heterocycles. The number of halogens is 6. The summed E-state index contributed by atoms with van der Waals surface area (Å²) in [6.45, 7) is 0. The van der Waals surface area contributed by atoms with Gasteiger partial charge in [-0.3, -0.25) is 4.99 Å². The van der Waals surface area contributed by atoms with Crippen LogP contribution >= 0.6 is 34.8 Å². The van der Waals surface area contributed by atoms with E-state index in [2.05, 4.69) is 4.99 Å². The highest BCUT2D eigenvalue weighted by molar-refractivity contribution is 6.36. The molecule has 0 aliphatic rings. The third kappa shape index (κ3) is 3.85. The lowest BCUT2D eigenvalue weighted by atomic mass is 10.2. The third-order valence-corrected chi connectivity index (χ3v) is 3.50. The molecule has 0 aliphatic carbocycles. The van der Waals surface area contributed by atoms with Crippen molar-refractivity contribution in [3.63, 3.8) is 0 Å². The van der Waals surface area contributed by atoms with Gasteiger partial charge in [-0.2, -0.15) is 13.2 Å². The average molecular weight is 369 g/mol. The lowest BCUT2D eigenvalue weighted by Gasteiger charge is -2.08. The topological polar surface area (TPSA) is 32.6 Å². The van der Waals surface area contributed by atoms with Crippen LogP contribution in [0.4, 0.5) is 18.9 Å². The summed E-state index contributed by atoms with van der Waals surface area (Å²) < 4.78 is 38.0. The van der Waals surface area contributed by atoms with Crippen molar-refractivity contribution in [1.82, 2.24) is 0 Å². The highest BCUT2D eigenvalue weighted by atomic mass is 35.5. The first-order valence-corrected chi connectivity index (χ1v) is 6.90. The van der Waals surface area contributed by atoms with Crippen LogP contribution in [-0.2, 0) is 6.18 Å². The summed E-state index contributed by atoms with van der Waals surface area (Å²) in [5.74, 6) is -0.280. The quantitative estimate of drug-likeness (QED) is 0.636. The van der Waals surface area contributed by atoms with Gasteiger partial charge in [-0.25, -0.2) is 0 Å². The number of phenols is 1. The predicted molar refractivity (Wildman–Crippen MR) is 81.8 cm³/mol. The molecule has 2 rings (SSSR count). The van der Waals surface area contributed by atoms with Crippen LogP contribution < -0.4 is 0 Å². The fourth-order valence-corrected chi connectivity index (χ4v) is 2.29. The maximum absolute atomic E-state index is 12.7. The van der Waals surface area contributed by atoms with Gasteiger partial charge in [0, 0.05) is 16.8 Å². The number of phenolic OH excluding ortho intramolecular Hbond substituents is 1. The monoisotopic (exact) mass is 367 g/mol. The zero-order chi connectivity index (χ0) is 16.5. The minimum Gasteiger partial charge on any atom is -0.506 e. The molecule has 0 heterocycles. The van der Waals surface area contributed by atoms with Crippen LogP contribution in [0, 0.1) is 0 Å². The molecule has 0 unspecified atom stereocenters. The van der Waals surface area contributed by atoms with Crippen molar-refractivity contribution >= 4 is 46.7 Å². The second-order valence-electron chi connectivity index (χ2n) is 4.25. The van der Waals surface area contributed by atoms with Crippen molar-refractivity contribution in [1.29, 1.82) is 0 Å². The first kappa shape index (κ1) is 16.9. The minimum atomic E-state index is -4.50. The summed E-state index contributed by atoms with van der Waals surface area (Å²) in [6, 6.07) is 5.46. The normalized spacial score (nSPS) is 12.1. The lowest BCUT2D eigenvalue weighted by Crippen LogP contribution is -2.04. The highest BCUT2D eigenvalue weighted by Gasteiger charge is 2.30. The minimum absolute atomic E-state index is 0.00379. The van der Waals surface area contributed by atoms with E-state index >= 15 is 0 Å². The van der Waals surface area contributed by atoms with Crippen LogP contribution in [0.25, 0.3) is 0 Å². The van der Waals surface area contributed by atoms with Crippen molar-refractivity contribution in [3.8, 4) is 5.75 Å². The van der Waals surface area contributed by atoms with Crippen LogP contribution in [0.15, 0.2) is 35.3 Å². The van der Waals surface area contributed by atoms with Gasteiger partial charge in [0.15, 0.2) is 0 Å². The summed E-state index contributed by atoms with van der Waals surface area (Å²) in [6.07, 6.45) is -3.37. The number of nitrogens with zero attached hydrogens (tertiary/aromatic N) is 1. The smallest absolute Gasteiger partial charge is 0.416 e. The molecule has 8 heteroatoms. The molecule has 1 N–H and O–H groups in total. The van der Waals surface area contributed by atoms with Crippen molar-refractivity contribution in [3.05, 3.63) is 56.5 Å². The first-order chi connectivity index (χ1) is 10.2. The van der Waals surface area contributed by atoms with Gasteiger partial charge < -0.3 is 5.11 Å². The molecule has 0 fully saturated rings. The number of aromatic hydroxyl groups is 1. The summed E-state index contributed by atoms with van der Waals surface area (Å²) in [4.78, 5) is 3.86. The van der Waals surface area contributed by atoms with Gasteiger partial charge in [-0.1, -0.05) is 34.8 Å². The standard InChI is InChI=1S/C14H7Cl3F3NO/c15-9-3-7(13(22)11(17)5-9)6-21-12-4-8(14(18,19)20)1-2-10(12)16/h1-6,22H. The molecule has 0 atom stereocenters. The second kappa shape index (κ2) is 6.36. The first-order valence-electron chi connectivity index (χ1n) is 5.77. The molecule has 2 aromatic rings. The van der Waals surface area contributed by atoms with E-state index in [1.165, 1.54) is 12.1 Å². The number of rotatable bonds is 2. The van der Waals surface area contributed by atoms with E-state index in [4.69, 9.17) is 34.8 Å². The van der Waals surface area contributed by atoms with E-state index in [9.17, 15) is 18.3 Å². The number of hydrogen-bond donors (Lipinski definition) is 1. The summed E-state index contributed by atoms with van der Waals surface area (Å²) in [5.41, 5.74) is -0.810. The predicted octanol–water partition coefficient (Wildman–Crippen LogP) is 6.12. The van der Waals surface area contributed by atoms with Crippen LogP contribution in [0.2, 0.25) is 15.1 Å². The number of hydrogen-bond acceptors (Lipinski definition) is 2. The highest BCUT2D eigenvalue weighted by Crippen LogP contribution is 2.35. The summed E-state index contributed by atoms with van der Waals surface area (Å²) >= 11 is 17.4. The molecule has 0 saturated carbocycles. The molecule has 0 amide bonds. The van der Waals surface area contributed by atoms with Gasteiger partial charge in [0.25, 0.3) is 0 Å². The Kier molecular flexibility index (Phi) is 4.90. The van der Waals surface area contributed by atoms with Crippen molar-refractivity contribution in [2.45, 2.75) is 6.18 Å². The Morgan fingerprint density at radius 1 is 1.00 bits per heavy atom. The van der Waals surface area contributed by atoms with E-state index in [-0.39, 0.29) is 32.1 Å². The molecule has 22 heavy (non-hydrogen) atoms. The average Bonchev–Trinajstić information content (AvgIpc) is 2.41. The van der Waals surface area contributed by atoms with Gasteiger partial charge in [0.05, 0.1) is 21.3 Å². The second-order valence-corrected chi connectivity index (χ2v) is 5.50. The van der Waals surface area contributed by atoms with Gasteiger partial charge in [-0.15, -0.1) is 0 Å². The Morgan fingerprint density at radius 3 is 2.32 bits per heavy atom. The third-order valence-electron chi connectivity index (χ3n) is 2.67. The van der Waals surface area contributed by atoms with Crippen LogP contribution in [0.3, 0.4) is 0 Å². The molecule has 116 valence electrons. The van der Waals surface area contributed by atoms with Crippen LogP contribution in [0.5, 0.6) is 5.75 Å². The Balaban J connectivity index is 2.43. The molecule has 0 radical (unpaired) electrons. The van der Waals surface area contributed by atoms with Crippen LogP contribution in [0.1, 0.15) is 11.1 Å². The molecule has 0 aliphatic heterocycles. The zero-order valence-corrected chi connectivity index (χ0v) is 12.9. The van der Waals surface area contributed by atoms with E-state index in [1.54, 1.807) is 0 Å². The van der Waals surface area contributed by atoms with Crippen molar-refractivity contribution < 1.29 is 18.3 Å². The number of alkyl halides is 3. The maximum atomic E-state index is 12.7. The van der Waals surface area contributed by atoms with Crippen LogP contribution in [-0.4, -0.2) is 11.3 Å². The van der Waals surface area contributed by atoms with E-state index < -0.39 is 11.7 Å². The summed E-state index contributed by atoms with van der Waals surface area (Å²) in [7, 11) is 0. The Labute approximate surface area is 138 Å².